The SMILES string of the molecule is CCc1ccc(-c2cc(C(F)(F)F)n3nc(C(=O)Nc4ccn(Cc5ccccc5F)n4)cc3n2)s1. The highest BCUT2D eigenvalue weighted by atomic mass is 32.1. The monoisotopic (exact) mass is 514 g/mol. The highest BCUT2D eigenvalue weighted by molar-refractivity contribution is 7.15. The van der Waals surface area contributed by atoms with Crippen LogP contribution in [0.3, 0.4) is 0 Å². The lowest BCUT2D eigenvalue weighted by atomic mass is 10.2. The van der Waals surface area contributed by atoms with Crippen LogP contribution in [0.1, 0.15) is 33.5 Å². The molecule has 0 aliphatic heterocycles. The normalized spacial score (nSPS) is 11.8. The quantitative estimate of drug-likeness (QED) is 0.296. The van der Waals surface area contributed by atoms with Gasteiger partial charge in [-0.05, 0) is 30.7 Å². The molecular formula is C24H18F4N6OS. The van der Waals surface area contributed by atoms with Crippen LogP contribution in [-0.2, 0) is 19.1 Å². The molecule has 0 saturated carbocycles. The minimum atomic E-state index is -4.72. The van der Waals surface area contributed by atoms with E-state index in [4.69, 9.17) is 0 Å². The Labute approximate surface area is 206 Å². The van der Waals surface area contributed by atoms with E-state index in [9.17, 15) is 22.4 Å². The third-order valence-electron chi connectivity index (χ3n) is 5.39. The van der Waals surface area contributed by atoms with Crippen LogP contribution in [0.15, 0.2) is 60.8 Å². The highest BCUT2D eigenvalue weighted by Gasteiger charge is 2.36. The minimum absolute atomic E-state index is 0.110. The standard InChI is InChI=1S/C24H18F4N6OS/c1-2-15-7-8-19(36-15)17-11-20(24(26,27)28)34-22(29-17)12-18(31-34)23(35)30-21-9-10-33(32-21)13-14-5-3-4-6-16(14)25/h3-12H,2,13H2,1H3,(H,30,32,35). The molecule has 5 rings (SSSR count). The van der Waals surface area contributed by atoms with Gasteiger partial charge in [-0.3, -0.25) is 9.48 Å². The molecule has 0 aliphatic carbocycles. The molecule has 36 heavy (non-hydrogen) atoms. The molecule has 0 saturated heterocycles. The number of aromatic nitrogens is 5. The Morgan fingerprint density at radius 2 is 1.89 bits per heavy atom. The number of fused-ring (bicyclic) bond motifs is 1. The van der Waals surface area contributed by atoms with Crippen molar-refractivity contribution < 1.29 is 22.4 Å². The molecule has 7 nitrogen and oxygen atoms in total. The van der Waals surface area contributed by atoms with E-state index in [1.54, 1.807) is 30.5 Å². The summed E-state index contributed by atoms with van der Waals surface area (Å²) in [5.74, 6) is -0.997. The van der Waals surface area contributed by atoms with Gasteiger partial charge >= 0.3 is 6.18 Å². The molecule has 0 unspecified atom stereocenters. The maximum atomic E-state index is 13.9. The molecule has 0 atom stereocenters. The van der Waals surface area contributed by atoms with Crippen LogP contribution < -0.4 is 5.32 Å². The molecule has 0 spiro atoms. The van der Waals surface area contributed by atoms with Crippen molar-refractivity contribution in [2.24, 2.45) is 0 Å². The smallest absolute Gasteiger partial charge is 0.304 e. The Hall–Kier alpha value is -4.06. The molecule has 0 fully saturated rings. The van der Waals surface area contributed by atoms with Crippen molar-refractivity contribution in [1.82, 2.24) is 24.4 Å². The summed E-state index contributed by atoms with van der Waals surface area (Å²) in [7, 11) is 0. The molecule has 0 radical (unpaired) electrons. The third kappa shape index (κ3) is 4.71. The summed E-state index contributed by atoms with van der Waals surface area (Å²) < 4.78 is 57.4. The fourth-order valence-electron chi connectivity index (χ4n) is 3.62. The van der Waals surface area contributed by atoms with Gasteiger partial charge in [-0.15, -0.1) is 11.3 Å². The predicted molar refractivity (Wildman–Crippen MR) is 126 cm³/mol. The Kier molecular flexibility index (Phi) is 6.04. The molecule has 4 aromatic heterocycles. The molecule has 184 valence electrons. The number of alkyl halides is 3. The second kappa shape index (κ2) is 9.19. The zero-order valence-corrected chi connectivity index (χ0v) is 19.6. The summed E-state index contributed by atoms with van der Waals surface area (Å²) in [6, 6.07) is 13.4. The van der Waals surface area contributed by atoms with Crippen molar-refractivity contribution in [1.29, 1.82) is 0 Å². The molecule has 1 aromatic carbocycles. The van der Waals surface area contributed by atoms with E-state index in [0.29, 0.717) is 15.0 Å². The van der Waals surface area contributed by atoms with Crippen LogP contribution in [0, 0.1) is 5.82 Å². The molecule has 5 aromatic rings. The second-order valence-electron chi connectivity index (χ2n) is 7.89. The van der Waals surface area contributed by atoms with E-state index in [2.05, 4.69) is 20.5 Å². The molecule has 0 bridgehead atoms. The van der Waals surface area contributed by atoms with Crippen LogP contribution >= 0.6 is 11.3 Å². The van der Waals surface area contributed by atoms with E-state index in [1.807, 2.05) is 13.0 Å². The Bertz CT molecular complexity index is 1570. The Morgan fingerprint density at radius 1 is 1.08 bits per heavy atom. The van der Waals surface area contributed by atoms with E-state index >= 15 is 0 Å². The summed E-state index contributed by atoms with van der Waals surface area (Å²) in [5, 5.41) is 10.5. The van der Waals surface area contributed by atoms with Crippen LogP contribution in [0.5, 0.6) is 0 Å². The number of carbonyl (C=O) groups is 1. The topological polar surface area (TPSA) is 77.1 Å². The molecule has 4 heterocycles. The fourth-order valence-corrected chi connectivity index (χ4v) is 4.53. The molecule has 0 aliphatic rings. The van der Waals surface area contributed by atoms with Crippen molar-refractivity contribution in [3.05, 3.63) is 88.4 Å². The van der Waals surface area contributed by atoms with Crippen LogP contribution in [0.25, 0.3) is 16.2 Å². The fraction of sp³-hybridized carbons (Fsp3) is 0.167. The first kappa shape index (κ1) is 23.7. The summed E-state index contributed by atoms with van der Waals surface area (Å²) in [4.78, 5) is 18.7. The Balaban J connectivity index is 1.42. The number of nitrogens with one attached hydrogen (secondary N) is 1. The lowest BCUT2D eigenvalue weighted by molar-refractivity contribution is -0.142. The van der Waals surface area contributed by atoms with Crippen molar-refractivity contribution in [2.75, 3.05) is 5.32 Å². The van der Waals surface area contributed by atoms with E-state index in [-0.39, 0.29) is 35.2 Å². The highest BCUT2D eigenvalue weighted by Crippen LogP contribution is 2.34. The van der Waals surface area contributed by atoms with Gasteiger partial charge in [0.05, 0.1) is 17.1 Å². The number of thiophene rings is 1. The lowest BCUT2D eigenvalue weighted by Gasteiger charge is -2.10. The van der Waals surface area contributed by atoms with Gasteiger partial charge in [-0.25, -0.2) is 13.9 Å². The zero-order chi connectivity index (χ0) is 25.4. The molecule has 1 amide bonds. The van der Waals surface area contributed by atoms with E-state index < -0.39 is 17.8 Å². The second-order valence-corrected chi connectivity index (χ2v) is 9.06. The summed E-state index contributed by atoms with van der Waals surface area (Å²) in [6.07, 6.45) is -2.41. The van der Waals surface area contributed by atoms with Crippen molar-refractivity contribution in [3.8, 4) is 10.6 Å². The van der Waals surface area contributed by atoms with Gasteiger partial charge in [-0.1, -0.05) is 25.1 Å². The van der Waals surface area contributed by atoms with E-state index in [1.165, 1.54) is 34.2 Å². The number of nitrogens with zero attached hydrogens (tertiary/aromatic N) is 5. The number of carbonyl (C=O) groups excluding carboxylic acids is 1. The van der Waals surface area contributed by atoms with Gasteiger partial charge in [0.2, 0.25) is 0 Å². The van der Waals surface area contributed by atoms with Gasteiger partial charge in [0.15, 0.2) is 22.9 Å². The number of anilines is 1. The molecule has 12 heteroatoms. The predicted octanol–water partition coefficient (Wildman–Crippen LogP) is 5.68. The average Bonchev–Trinajstić information content (AvgIpc) is 3.58. The number of rotatable bonds is 6. The van der Waals surface area contributed by atoms with Gasteiger partial charge in [0, 0.05) is 28.8 Å². The van der Waals surface area contributed by atoms with Crippen molar-refractivity contribution >= 4 is 28.7 Å². The number of hydrogen-bond donors (Lipinski definition) is 1. The number of amides is 1. The first-order valence-corrected chi connectivity index (χ1v) is 11.7. The molecular weight excluding hydrogens is 496 g/mol. The number of halogens is 4. The van der Waals surface area contributed by atoms with Gasteiger partial charge in [0.1, 0.15) is 5.82 Å². The van der Waals surface area contributed by atoms with Crippen LogP contribution in [-0.4, -0.2) is 30.3 Å². The zero-order valence-electron chi connectivity index (χ0n) is 18.8. The maximum absolute atomic E-state index is 13.9. The van der Waals surface area contributed by atoms with Crippen molar-refractivity contribution in [2.45, 2.75) is 26.1 Å². The average molecular weight is 515 g/mol. The minimum Gasteiger partial charge on any atom is -0.304 e. The summed E-state index contributed by atoms with van der Waals surface area (Å²) >= 11 is 1.36. The number of benzene rings is 1. The first-order chi connectivity index (χ1) is 17.2. The van der Waals surface area contributed by atoms with Gasteiger partial charge in [-0.2, -0.15) is 23.4 Å². The van der Waals surface area contributed by atoms with Crippen LogP contribution in [0.4, 0.5) is 23.4 Å². The first-order valence-electron chi connectivity index (χ1n) is 10.9. The van der Waals surface area contributed by atoms with E-state index in [0.717, 1.165) is 17.4 Å². The molecule has 1 N–H and O–H groups in total. The summed E-state index contributed by atoms with van der Waals surface area (Å²) in [6.45, 7) is 2.10. The van der Waals surface area contributed by atoms with Crippen LogP contribution in [0.2, 0.25) is 0 Å². The van der Waals surface area contributed by atoms with Gasteiger partial charge in [0.25, 0.3) is 5.91 Å². The number of aryl methyl sites for hydroxylation is 1. The Morgan fingerprint density at radius 3 is 2.61 bits per heavy atom. The maximum Gasteiger partial charge on any atom is 0.433 e. The largest absolute Gasteiger partial charge is 0.433 e. The number of hydrogen-bond acceptors (Lipinski definition) is 5. The summed E-state index contributed by atoms with van der Waals surface area (Å²) in [5.41, 5.74) is -0.839. The third-order valence-corrected chi connectivity index (χ3v) is 6.64. The lowest BCUT2D eigenvalue weighted by Crippen LogP contribution is -2.16. The van der Waals surface area contributed by atoms with Gasteiger partial charge < -0.3 is 5.32 Å². The van der Waals surface area contributed by atoms with Crippen molar-refractivity contribution in [3.63, 3.8) is 0 Å².